The van der Waals surface area contributed by atoms with E-state index >= 15 is 0 Å². The van der Waals surface area contributed by atoms with Gasteiger partial charge in [0.2, 0.25) is 0 Å². The van der Waals surface area contributed by atoms with Gasteiger partial charge in [0.15, 0.2) is 6.29 Å². The van der Waals surface area contributed by atoms with E-state index in [1.54, 1.807) is 0 Å². The minimum absolute atomic E-state index is 0.0176. The molecule has 2 nitrogen and oxygen atoms in total. The van der Waals surface area contributed by atoms with Crippen LogP contribution in [0.1, 0.15) is 25.7 Å². The maximum atomic E-state index is 5.63. The molecule has 3 heteroatoms. The summed E-state index contributed by atoms with van der Waals surface area (Å²) in [4.78, 5) is 0. The molecule has 1 atom stereocenters. The van der Waals surface area contributed by atoms with Crippen LogP contribution in [0.5, 0.6) is 0 Å². The van der Waals surface area contributed by atoms with Crippen LogP contribution in [0.3, 0.4) is 0 Å². The van der Waals surface area contributed by atoms with E-state index < -0.39 is 8.07 Å². The number of rotatable bonds is 5. The minimum atomic E-state index is -1.36. The van der Waals surface area contributed by atoms with Crippen LogP contribution in [0.4, 0.5) is 0 Å². The van der Waals surface area contributed by atoms with Gasteiger partial charge in [-0.1, -0.05) is 19.2 Å². The predicted molar refractivity (Wildman–Crippen MR) is 74.4 cm³/mol. The summed E-state index contributed by atoms with van der Waals surface area (Å²) in [5, 5.41) is 0. The Bertz CT molecular complexity index is 282. The van der Waals surface area contributed by atoms with Crippen LogP contribution in [-0.4, -0.2) is 27.6 Å². The zero-order valence-electron chi connectivity index (χ0n) is 11.1. The van der Waals surface area contributed by atoms with Crippen LogP contribution < -0.4 is 0 Å². The first-order valence-corrected chi connectivity index (χ1v) is 9.69. The van der Waals surface area contributed by atoms with Gasteiger partial charge in [-0.15, -0.1) is 18.0 Å². The third kappa shape index (κ3) is 6.67. The Morgan fingerprint density at radius 3 is 2.94 bits per heavy atom. The summed E-state index contributed by atoms with van der Waals surface area (Å²) in [6.45, 7) is 9.85. The molecule has 1 aliphatic heterocycles. The second-order valence-electron chi connectivity index (χ2n) is 5.10. The third-order valence-electron chi connectivity index (χ3n) is 2.75. The number of ether oxygens (including phenoxy) is 2. The smallest absolute Gasteiger partial charge is 0.157 e. The summed E-state index contributed by atoms with van der Waals surface area (Å²) in [6.07, 6.45) is 6.23. The fourth-order valence-corrected chi connectivity index (χ4v) is 3.22. The molecule has 0 saturated carbocycles. The van der Waals surface area contributed by atoms with Gasteiger partial charge in [-0.3, -0.25) is 0 Å². The molecule has 0 N–H and O–H groups in total. The molecular formula is C14H24O2Si. The van der Waals surface area contributed by atoms with Gasteiger partial charge >= 0.3 is 0 Å². The van der Waals surface area contributed by atoms with Crippen molar-refractivity contribution in [2.75, 3.05) is 13.2 Å². The van der Waals surface area contributed by atoms with Crippen molar-refractivity contribution >= 4 is 8.07 Å². The second-order valence-corrected chi connectivity index (χ2v) is 9.52. The van der Waals surface area contributed by atoms with Crippen LogP contribution in [0, 0.1) is 11.5 Å². The molecule has 1 unspecified atom stereocenters. The fraction of sp³-hybridized carbons (Fsp3) is 0.714. The highest BCUT2D eigenvalue weighted by atomic mass is 28.3. The van der Waals surface area contributed by atoms with Gasteiger partial charge in [0.1, 0.15) is 8.07 Å². The quantitative estimate of drug-likeness (QED) is 0.323. The molecule has 1 heterocycles. The Hall–Kier alpha value is -0.563. The molecule has 0 radical (unpaired) electrons. The molecule has 1 saturated heterocycles. The predicted octanol–water partition coefficient (Wildman–Crippen LogP) is 3.36. The molecule has 0 bridgehead atoms. The first-order chi connectivity index (χ1) is 8.14. The molecule has 96 valence electrons. The monoisotopic (exact) mass is 252 g/mol. The molecule has 17 heavy (non-hydrogen) atoms. The molecule has 0 aromatic rings. The Balaban J connectivity index is 2.14. The number of hydrogen-bond acceptors (Lipinski definition) is 2. The van der Waals surface area contributed by atoms with Gasteiger partial charge in [-0.2, -0.15) is 0 Å². The standard InChI is InChI=1S/C14H24O2Si/c1-4-12-17(2,3)13-8-7-11-16-14-9-5-6-10-15-14/h4,14H,1,5-7,9-12H2,2-3H3. The summed E-state index contributed by atoms with van der Waals surface area (Å²) in [5.74, 6) is 3.23. The lowest BCUT2D eigenvalue weighted by molar-refractivity contribution is -0.161. The molecular weight excluding hydrogens is 228 g/mol. The number of hydrogen-bond donors (Lipinski definition) is 0. The van der Waals surface area contributed by atoms with E-state index in [2.05, 4.69) is 31.1 Å². The van der Waals surface area contributed by atoms with E-state index in [-0.39, 0.29) is 6.29 Å². The SMILES string of the molecule is C=CC[Si](C)(C)C#CCCOC1CCCCO1. The van der Waals surface area contributed by atoms with Gasteiger partial charge in [0.25, 0.3) is 0 Å². The molecule has 0 aliphatic carbocycles. The Morgan fingerprint density at radius 2 is 2.29 bits per heavy atom. The first-order valence-electron chi connectivity index (χ1n) is 6.48. The highest BCUT2D eigenvalue weighted by Crippen LogP contribution is 2.13. The van der Waals surface area contributed by atoms with Crippen molar-refractivity contribution < 1.29 is 9.47 Å². The maximum Gasteiger partial charge on any atom is 0.157 e. The zero-order chi connectivity index (χ0) is 12.6. The Kier molecular flexibility index (Phi) is 6.57. The van der Waals surface area contributed by atoms with Crippen LogP contribution in [0.2, 0.25) is 19.1 Å². The van der Waals surface area contributed by atoms with E-state index in [1.165, 1.54) is 12.8 Å². The third-order valence-corrected chi connectivity index (χ3v) is 4.91. The summed E-state index contributed by atoms with van der Waals surface area (Å²) in [5.41, 5.74) is 3.39. The maximum absolute atomic E-state index is 5.63. The molecule has 1 fully saturated rings. The summed E-state index contributed by atoms with van der Waals surface area (Å²) in [6, 6.07) is 1.06. The van der Waals surface area contributed by atoms with E-state index in [0.29, 0.717) is 6.61 Å². The average molecular weight is 252 g/mol. The first kappa shape index (κ1) is 14.5. The van der Waals surface area contributed by atoms with E-state index in [9.17, 15) is 0 Å². The normalized spacial score (nSPS) is 20.5. The second kappa shape index (κ2) is 7.70. The molecule has 0 spiro atoms. The van der Waals surface area contributed by atoms with Crippen molar-refractivity contribution in [3.8, 4) is 11.5 Å². The van der Waals surface area contributed by atoms with Gasteiger partial charge in [-0.05, 0) is 25.3 Å². The topological polar surface area (TPSA) is 18.5 Å². The summed E-state index contributed by atoms with van der Waals surface area (Å²) >= 11 is 0. The van der Waals surface area contributed by atoms with Crippen molar-refractivity contribution in [2.45, 2.75) is 51.1 Å². The summed E-state index contributed by atoms with van der Waals surface area (Å²) in [7, 11) is -1.36. The zero-order valence-corrected chi connectivity index (χ0v) is 12.1. The lowest BCUT2D eigenvalue weighted by Gasteiger charge is -2.22. The van der Waals surface area contributed by atoms with Crippen LogP contribution >= 0.6 is 0 Å². The van der Waals surface area contributed by atoms with Crippen molar-refractivity contribution in [1.29, 1.82) is 0 Å². The molecule has 0 aromatic carbocycles. The lowest BCUT2D eigenvalue weighted by Crippen LogP contribution is -2.23. The fourth-order valence-electron chi connectivity index (χ4n) is 1.80. The van der Waals surface area contributed by atoms with Gasteiger partial charge in [-0.25, -0.2) is 0 Å². The lowest BCUT2D eigenvalue weighted by atomic mass is 10.2. The van der Waals surface area contributed by atoms with Crippen molar-refractivity contribution in [2.24, 2.45) is 0 Å². The molecule has 0 amide bonds. The van der Waals surface area contributed by atoms with Crippen molar-refractivity contribution in [1.82, 2.24) is 0 Å². The van der Waals surface area contributed by atoms with Crippen molar-refractivity contribution in [3.05, 3.63) is 12.7 Å². The van der Waals surface area contributed by atoms with Crippen LogP contribution in [0.15, 0.2) is 12.7 Å². The highest BCUT2D eigenvalue weighted by Gasteiger charge is 2.15. The van der Waals surface area contributed by atoms with E-state index in [1.807, 2.05) is 6.08 Å². The molecule has 1 aliphatic rings. The number of allylic oxidation sites excluding steroid dienone is 1. The van der Waals surface area contributed by atoms with Crippen molar-refractivity contribution in [3.63, 3.8) is 0 Å². The van der Waals surface area contributed by atoms with Gasteiger partial charge < -0.3 is 9.47 Å². The molecule has 1 rings (SSSR count). The Morgan fingerprint density at radius 1 is 1.47 bits per heavy atom. The Labute approximate surface area is 106 Å². The van der Waals surface area contributed by atoms with E-state index in [0.717, 1.165) is 25.5 Å². The van der Waals surface area contributed by atoms with Gasteiger partial charge in [0.05, 0.1) is 6.61 Å². The summed E-state index contributed by atoms with van der Waals surface area (Å²) < 4.78 is 11.1. The highest BCUT2D eigenvalue weighted by molar-refractivity contribution is 6.85. The van der Waals surface area contributed by atoms with Crippen LogP contribution in [-0.2, 0) is 9.47 Å². The average Bonchev–Trinajstić information content (AvgIpc) is 2.30. The minimum Gasteiger partial charge on any atom is -0.353 e. The van der Waals surface area contributed by atoms with Gasteiger partial charge in [0, 0.05) is 13.0 Å². The largest absolute Gasteiger partial charge is 0.353 e. The molecule has 0 aromatic heterocycles. The van der Waals surface area contributed by atoms with E-state index in [4.69, 9.17) is 9.47 Å². The van der Waals surface area contributed by atoms with Crippen LogP contribution in [0.25, 0.3) is 0 Å².